The molecular formula is C24H37N2O5P. The van der Waals surface area contributed by atoms with Gasteiger partial charge >= 0.3 is 11.9 Å². The molecule has 1 aromatic carbocycles. The molecule has 7 nitrogen and oxygen atoms in total. The number of rotatable bonds is 9. The first kappa shape index (κ1) is 26.3. The average Bonchev–Trinajstić information content (AvgIpc) is 2.94. The highest BCUT2D eigenvalue weighted by Crippen LogP contribution is 2.56. The van der Waals surface area contributed by atoms with Gasteiger partial charge in [0.2, 0.25) is 7.44 Å². The zero-order chi connectivity index (χ0) is 23.9. The van der Waals surface area contributed by atoms with Crippen molar-refractivity contribution >= 4 is 24.7 Å². The van der Waals surface area contributed by atoms with Crippen molar-refractivity contribution in [2.75, 3.05) is 27.3 Å². The molecule has 0 unspecified atom stereocenters. The Bertz CT molecular complexity index is 794. The van der Waals surface area contributed by atoms with Gasteiger partial charge in [-0.3, -0.25) is 14.2 Å². The number of carbonyl (C=O) groups is 2. The third kappa shape index (κ3) is 5.89. The maximum Gasteiger partial charge on any atom is 0.323 e. The van der Waals surface area contributed by atoms with Gasteiger partial charge in [-0.25, -0.2) is 9.34 Å². The van der Waals surface area contributed by atoms with Gasteiger partial charge in [0, 0.05) is 18.4 Å². The minimum atomic E-state index is -3.59. The Hall–Kier alpha value is -1.95. The maximum atomic E-state index is 15.2. The number of nitrogens with zero attached hydrogens (tertiary/aromatic N) is 2. The molecule has 1 aliphatic heterocycles. The number of carbonyl (C=O) groups excluding carboxylic acids is 2. The normalized spacial score (nSPS) is 18.9. The van der Waals surface area contributed by atoms with Crippen molar-refractivity contribution < 1.29 is 23.6 Å². The van der Waals surface area contributed by atoms with Crippen molar-refractivity contribution in [3.63, 3.8) is 0 Å². The van der Waals surface area contributed by atoms with Crippen LogP contribution in [0.3, 0.4) is 0 Å². The van der Waals surface area contributed by atoms with E-state index in [-0.39, 0.29) is 11.8 Å². The maximum absolute atomic E-state index is 15.2. The number of hydrogen-bond donors (Lipinski definition) is 0. The largest absolute Gasteiger partial charge is 0.468 e. The lowest BCUT2D eigenvalue weighted by molar-refractivity contribution is -0.145. The van der Waals surface area contributed by atoms with E-state index in [9.17, 15) is 9.59 Å². The Morgan fingerprint density at radius 2 is 1.25 bits per heavy atom. The van der Waals surface area contributed by atoms with Crippen molar-refractivity contribution in [2.45, 2.75) is 52.6 Å². The van der Waals surface area contributed by atoms with E-state index in [1.807, 2.05) is 58.0 Å². The molecule has 0 fully saturated rings. The summed E-state index contributed by atoms with van der Waals surface area (Å²) < 4.78 is 28.9. The van der Waals surface area contributed by atoms with E-state index in [1.165, 1.54) is 14.2 Å². The molecule has 2 rings (SSSR count). The van der Waals surface area contributed by atoms with Crippen LogP contribution < -0.4 is 5.30 Å². The van der Waals surface area contributed by atoms with Gasteiger partial charge < -0.3 is 9.47 Å². The van der Waals surface area contributed by atoms with Gasteiger partial charge in [-0.2, -0.15) is 0 Å². The fourth-order valence-electron chi connectivity index (χ4n) is 4.13. The van der Waals surface area contributed by atoms with E-state index >= 15 is 4.57 Å². The van der Waals surface area contributed by atoms with Crippen LogP contribution in [-0.2, 0) is 23.6 Å². The number of ether oxygens (including phenoxy) is 2. The summed E-state index contributed by atoms with van der Waals surface area (Å²) in [6.45, 7) is 8.70. The molecule has 32 heavy (non-hydrogen) atoms. The summed E-state index contributed by atoms with van der Waals surface area (Å²) in [5.74, 6) is -0.501. The van der Waals surface area contributed by atoms with Crippen LogP contribution in [0.15, 0.2) is 42.5 Å². The third-order valence-electron chi connectivity index (χ3n) is 5.60. The van der Waals surface area contributed by atoms with Crippen molar-refractivity contribution in [2.24, 2.45) is 11.8 Å². The van der Waals surface area contributed by atoms with Crippen LogP contribution in [0.5, 0.6) is 0 Å². The predicted octanol–water partition coefficient (Wildman–Crippen LogP) is 3.85. The van der Waals surface area contributed by atoms with Gasteiger partial charge in [0.1, 0.15) is 12.1 Å². The Labute approximate surface area is 192 Å². The highest BCUT2D eigenvalue weighted by Gasteiger charge is 2.49. The molecule has 0 amide bonds. The minimum absolute atomic E-state index is 0.177. The molecule has 2 atom stereocenters. The summed E-state index contributed by atoms with van der Waals surface area (Å²) in [6, 6.07) is 7.70. The number of benzene rings is 1. The van der Waals surface area contributed by atoms with Gasteiger partial charge in [-0.05, 0) is 36.8 Å². The Balaban J connectivity index is 2.74. The van der Waals surface area contributed by atoms with Gasteiger partial charge in [-0.15, -0.1) is 0 Å². The summed E-state index contributed by atoms with van der Waals surface area (Å²) in [4.78, 5) is 25.8. The molecular weight excluding hydrogens is 427 g/mol. The molecule has 0 bridgehead atoms. The van der Waals surface area contributed by atoms with E-state index in [0.29, 0.717) is 31.2 Å². The molecule has 0 saturated carbocycles. The number of methoxy groups -OCH3 is 2. The molecule has 0 N–H and O–H groups in total. The monoisotopic (exact) mass is 464 g/mol. The van der Waals surface area contributed by atoms with Gasteiger partial charge in [0.05, 0.1) is 14.2 Å². The van der Waals surface area contributed by atoms with E-state index in [2.05, 4.69) is 0 Å². The Morgan fingerprint density at radius 3 is 1.59 bits per heavy atom. The summed E-state index contributed by atoms with van der Waals surface area (Å²) in [5, 5.41) is 0.582. The second-order valence-electron chi connectivity index (χ2n) is 8.93. The SMILES string of the molecule is COC(=O)[C@H](CC(C)C)N1CC=CCN([C@@H](CC(C)C)C(=O)OC)P1(=O)c1ccccc1. The van der Waals surface area contributed by atoms with Gasteiger partial charge in [0.15, 0.2) is 0 Å². The van der Waals surface area contributed by atoms with Gasteiger partial charge in [0.25, 0.3) is 0 Å². The quantitative estimate of drug-likeness (QED) is 0.312. The Morgan fingerprint density at radius 1 is 0.844 bits per heavy atom. The first-order valence-corrected chi connectivity index (χ1v) is 12.8. The summed E-state index contributed by atoms with van der Waals surface area (Å²) >= 11 is 0. The molecule has 0 spiro atoms. The first-order valence-electron chi connectivity index (χ1n) is 11.2. The summed E-state index contributed by atoms with van der Waals surface area (Å²) in [7, 11) is -0.882. The first-order chi connectivity index (χ1) is 15.2. The van der Waals surface area contributed by atoms with Crippen molar-refractivity contribution in [1.82, 2.24) is 9.34 Å². The zero-order valence-corrected chi connectivity index (χ0v) is 21.0. The van der Waals surface area contributed by atoms with Crippen molar-refractivity contribution in [3.05, 3.63) is 42.5 Å². The molecule has 0 aliphatic carbocycles. The van der Waals surface area contributed by atoms with Crippen LogP contribution in [0.2, 0.25) is 0 Å². The van der Waals surface area contributed by atoms with E-state index in [4.69, 9.17) is 9.47 Å². The number of esters is 2. The second-order valence-corrected chi connectivity index (χ2v) is 11.6. The predicted molar refractivity (Wildman–Crippen MR) is 127 cm³/mol. The topological polar surface area (TPSA) is 76.2 Å². The van der Waals surface area contributed by atoms with E-state index < -0.39 is 31.5 Å². The van der Waals surface area contributed by atoms with Crippen LogP contribution in [0.4, 0.5) is 0 Å². The second kappa shape index (κ2) is 11.8. The van der Waals surface area contributed by atoms with E-state index in [1.54, 1.807) is 21.5 Å². The molecule has 8 heteroatoms. The molecule has 178 valence electrons. The molecule has 1 aliphatic rings. The van der Waals surface area contributed by atoms with Crippen LogP contribution >= 0.6 is 7.44 Å². The minimum Gasteiger partial charge on any atom is -0.468 e. The summed E-state index contributed by atoms with van der Waals surface area (Å²) in [6.07, 6.45) is 4.79. The lowest BCUT2D eigenvalue weighted by atomic mass is 10.0. The van der Waals surface area contributed by atoms with Crippen LogP contribution in [-0.4, -0.2) is 60.7 Å². The average molecular weight is 465 g/mol. The summed E-state index contributed by atoms with van der Waals surface area (Å²) in [5.41, 5.74) is 0. The molecule has 1 heterocycles. The van der Waals surface area contributed by atoms with Crippen LogP contribution in [0, 0.1) is 11.8 Å². The highest BCUT2D eigenvalue weighted by molar-refractivity contribution is 7.67. The van der Waals surface area contributed by atoms with Gasteiger partial charge in [-0.1, -0.05) is 58.0 Å². The number of hydrogen-bond acceptors (Lipinski definition) is 5. The molecule has 1 aromatic rings. The molecule has 0 aromatic heterocycles. The van der Waals surface area contributed by atoms with Crippen molar-refractivity contribution in [1.29, 1.82) is 0 Å². The standard InChI is InChI=1S/C24H37N2O5P/c1-18(2)16-21(23(27)30-5)25-14-10-11-15-26(22(17-19(3)4)24(28)31-6)32(25,29)20-12-8-7-9-13-20/h7-13,18-19,21-22H,14-17H2,1-6H3/t21-,22-/m0/s1. The zero-order valence-electron chi connectivity index (χ0n) is 20.1. The smallest absolute Gasteiger partial charge is 0.323 e. The van der Waals surface area contributed by atoms with Crippen molar-refractivity contribution in [3.8, 4) is 0 Å². The van der Waals surface area contributed by atoms with E-state index in [0.717, 1.165) is 0 Å². The van der Waals surface area contributed by atoms with Crippen LogP contribution in [0.25, 0.3) is 0 Å². The highest BCUT2D eigenvalue weighted by atomic mass is 31.2. The fraction of sp³-hybridized carbons (Fsp3) is 0.583. The van der Waals surface area contributed by atoms with Crippen LogP contribution in [0.1, 0.15) is 40.5 Å². The molecule has 0 saturated heterocycles. The lowest BCUT2D eigenvalue weighted by Crippen LogP contribution is -2.50. The lowest BCUT2D eigenvalue weighted by Gasteiger charge is -2.43. The molecule has 0 radical (unpaired) electrons. The third-order valence-corrected chi connectivity index (χ3v) is 8.84. The Kier molecular flexibility index (Phi) is 9.68. The fourth-order valence-corrected chi connectivity index (χ4v) is 7.34.